The fraction of sp³-hybridized carbons (Fsp3) is 0.400. The van der Waals surface area contributed by atoms with Gasteiger partial charge in [-0.2, -0.15) is 0 Å². The van der Waals surface area contributed by atoms with Crippen molar-refractivity contribution >= 4 is 11.8 Å². The van der Waals surface area contributed by atoms with Crippen molar-refractivity contribution < 1.29 is 18.7 Å². The predicted molar refractivity (Wildman–Crippen MR) is 96.4 cm³/mol. The number of rotatable bonds is 7. The Morgan fingerprint density at radius 2 is 2.04 bits per heavy atom. The van der Waals surface area contributed by atoms with Gasteiger partial charge < -0.3 is 19.4 Å². The molecular formula is C20H24N2O4. The Kier molecular flexibility index (Phi) is 6.30. The molecule has 1 fully saturated rings. The molecule has 6 heteroatoms. The van der Waals surface area contributed by atoms with Crippen molar-refractivity contribution in [3.63, 3.8) is 0 Å². The number of carbonyl (C=O) groups is 2. The molecule has 1 atom stereocenters. The number of ether oxygens (including phenoxy) is 1. The number of nitrogens with one attached hydrogen (secondary N) is 1. The number of furan rings is 1. The molecule has 0 radical (unpaired) electrons. The van der Waals surface area contributed by atoms with Crippen molar-refractivity contribution in [1.29, 1.82) is 0 Å². The fourth-order valence-corrected chi connectivity index (χ4v) is 3.08. The Balaban J connectivity index is 1.41. The third kappa shape index (κ3) is 5.12. The van der Waals surface area contributed by atoms with Gasteiger partial charge in [-0.3, -0.25) is 9.59 Å². The highest BCUT2D eigenvalue weighted by molar-refractivity contribution is 5.81. The van der Waals surface area contributed by atoms with E-state index in [-0.39, 0.29) is 17.7 Å². The second-order valence-corrected chi connectivity index (χ2v) is 6.39. The van der Waals surface area contributed by atoms with Crippen LogP contribution in [0.4, 0.5) is 0 Å². The van der Waals surface area contributed by atoms with Gasteiger partial charge in [0.1, 0.15) is 11.5 Å². The minimum absolute atomic E-state index is 0.0283. The zero-order chi connectivity index (χ0) is 18.2. The van der Waals surface area contributed by atoms with Gasteiger partial charge in [0.15, 0.2) is 0 Å². The van der Waals surface area contributed by atoms with E-state index in [0.29, 0.717) is 32.7 Å². The summed E-state index contributed by atoms with van der Waals surface area (Å²) < 4.78 is 10.8. The van der Waals surface area contributed by atoms with Gasteiger partial charge >= 0.3 is 0 Å². The molecule has 1 aromatic carbocycles. The topological polar surface area (TPSA) is 71.8 Å². The second kappa shape index (κ2) is 9.08. The largest absolute Gasteiger partial charge is 0.493 e. The van der Waals surface area contributed by atoms with Crippen LogP contribution in [0.1, 0.15) is 25.0 Å². The Bertz CT molecular complexity index is 700. The maximum absolute atomic E-state index is 12.4. The third-order valence-electron chi connectivity index (χ3n) is 4.49. The van der Waals surface area contributed by atoms with E-state index in [1.54, 1.807) is 17.2 Å². The lowest BCUT2D eigenvalue weighted by atomic mass is 9.97. The van der Waals surface area contributed by atoms with Gasteiger partial charge in [-0.05, 0) is 37.1 Å². The summed E-state index contributed by atoms with van der Waals surface area (Å²) >= 11 is 0. The first kappa shape index (κ1) is 18.0. The maximum atomic E-state index is 12.4. The first-order valence-electron chi connectivity index (χ1n) is 8.98. The van der Waals surface area contributed by atoms with Crippen molar-refractivity contribution in [1.82, 2.24) is 10.2 Å². The van der Waals surface area contributed by atoms with Crippen LogP contribution in [0.15, 0.2) is 53.1 Å². The van der Waals surface area contributed by atoms with Crippen LogP contribution >= 0.6 is 0 Å². The SMILES string of the molecule is O=C(NCc1ccco1)C1CCCN(C(=O)CCOc2ccccc2)C1. The van der Waals surface area contributed by atoms with Crippen LogP contribution in [0.3, 0.4) is 0 Å². The Hall–Kier alpha value is -2.76. The van der Waals surface area contributed by atoms with Crippen LogP contribution in [0.2, 0.25) is 0 Å². The highest BCUT2D eigenvalue weighted by Crippen LogP contribution is 2.18. The number of likely N-dealkylation sites (tertiary alicyclic amines) is 1. The van der Waals surface area contributed by atoms with Crippen LogP contribution in [0.25, 0.3) is 0 Å². The number of hydrogen-bond acceptors (Lipinski definition) is 4. The first-order valence-corrected chi connectivity index (χ1v) is 8.98. The average Bonchev–Trinajstić information content (AvgIpc) is 3.20. The summed E-state index contributed by atoms with van der Waals surface area (Å²) in [7, 11) is 0. The molecule has 1 unspecified atom stereocenters. The number of hydrogen-bond donors (Lipinski definition) is 1. The van der Waals surface area contributed by atoms with E-state index in [0.717, 1.165) is 24.4 Å². The number of amides is 2. The monoisotopic (exact) mass is 356 g/mol. The Morgan fingerprint density at radius 3 is 2.81 bits per heavy atom. The lowest BCUT2D eigenvalue weighted by molar-refractivity contribution is -0.136. The van der Waals surface area contributed by atoms with E-state index in [9.17, 15) is 9.59 Å². The molecule has 26 heavy (non-hydrogen) atoms. The number of benzene rings is 1. The maximum Gasteiger partial charge on any atom is 0.226 e. The zero-order valence-electron chi connectivity index (χ0n) is 14.7. The van der Waals surface area contributed by atoms with Crippen LogP contribution < -0.4 is 10.1 Å². The van der Waals surface area contributed by atoms with Crippen molar-refractivity contribution in [2.24, 2.45) is 5.92 Å². The van der Waals surface area contributed by atoms with E-state index in [4.69, 9.17) is 9.15 Å². The summed E-state index contributed by atoms with van der Waals surface area (Å²) in [6.45, 7) is 1.89. The second-order valence-electron chi connectivity index (χ2n) is 6.39. The molecule has 1 aliphatic heterocycles. The summed E-state index contributed by atoms with van der Waals surface area (Å²) in [5.74, 6) is 1.32. The van der Waals surface area contributed by atoms with Gasteiger partial charge in [0.05, 0.1) is 31.8 Å². The molecule has 138 valence electrons. The van der Waals surface area contributed by atoms with Crippen LogP contribution in [0.5, 0.6) is 5.75 Å². The molecule has 1 saturated heterocycles. The molecule has 2 amide bonds. The van der Waals surface area contributed by atoms with Gasteiger partial charge in [0.2, 0.25) is 11.8 Å². The molecule has 1 N–H and O–H groups in total. The van der Waals surface area contributed by atoms with Crippen molar-refractivity contribution in [2.45, 2.75) is 25.8 Å². The lowest BCUT2D eigenvalue weighted by Gasteiger charge is -2.32. The molecule has 0 spiro atoms. The molecule has 3 rings (SSSR count). The van der Waals surface area contributed by atoms with Gasteiger partial charge in [0, 0.05) is 13.1 Å². The molecule has 2 aromatic rings. The average molecular weight is 356 g/mol. The molecule has 1 aromatic heterocycles. The normalized spacial score (nSPS) is 16.9. The molecule has 2 heterocycles. The molecule has 0 saturated carbocycles. The van der Waals surface area contributed by atoms with Gasteiger partial charge in [-0.1, -0.05) is 18.2 Å². The number of para-hydroxylation sites is 1. The molecular weight excluding hydrogens is 332 g/mol. The molecule has 6 nitrogen and oxygen atoms in total. The Morgan fingerprint density at radius 1 is 1.19 bits per heavy atom. The summed E-state index contributed by atoms with van der Waals surface area (Å²) in [6, 6.07) is 13.1. The van der Waals surface area contributed by atoms with Crippen LogP contribution in [-0.2, 0) is 16.1 Å². The van der Waals surface area contributed by atoms with Crippen molar-refractivity contribution in [3.8, 4) is 5.75 Å². The van der Waals surface area contributed by atoms with Crippen LogP contribution in [0, 0.1) is 5.92 Å². The first-order chi connectivity index (χ1) is 12.7. The van der Waals surface area contributed by atoms with Gasteiger partial charge in [0.25, 0.3) is 0 Å². The van der Waals surface area contributed by atoms with Gasteiger partial charge in [-0.15, -0.1) is 0 Å². The number of carbonyl (C=O) groups excluding carboxylic acids is 2. The fourth-order valence-electron chi connectivity index (χ4n) is 3.08. The highest BCUT2D eigenvalue weighted by Gasteiger charge is 2.28. The highest BCUT2D eigenvalue weighted by atomic mass is 16.5. The van der Waals surface area contributed by atoms with Crippen LogP contribution in [-0.4, -0.2) is 36.4 Å². The minimum Gasteiger partial charge on any atom is -0.493 e. The lowest BCUT2D eigenvalue weighted by Crippen LogP contribution is -2.45. The minimum atomic E-state index is -0.169. The zero-order valence-corrected chi connectivity index (χ0v) is 14.7. The van der Waals surface area contributed by atoms with E-state index in [1.165, 1.54) is 0 Å². The smallest absolute Gasteiger partial charge is 0.226 e. The quantitative estimate of drug-likeness (QED) is 0.828. The standard InChI is InChI=1S/C20H24N2O4/c23-19(10-13-26-17-7-2-1-3-8-17)22-11-4-6-16(15-22)20(24)21-14-18-9-5-12-25-18/h1-3,5,7-9,12,16H,4,6,10-11,13-15H2,(H,21,24). The number of piperidine rings is 1. The molecule has 1 aliphatic rings. The van der Waals surface area contributed by atoms with Gasteiger partial charge in [-0.25, -0.2) is 0 Å². The van der Waals surface area contributed by atoms with E-state index < -0.39 is 0 Å². The third-order valence-corrected chi connectivity index (χ3v) is 4.49. The summed E-state index contributed by atoms with van der Waals surface area (Å²) in [4.78, 5) is 26.5. The summed E-state index contributed by atoms with van der Waals surface area (Å²) in [5.41, 5.74) is 0. The van der Waals surface area contributed by atoms with E-state index in [2.05, 4.69) is 5.32 Å². The Labute approximate surface area is 153 Å². The van der Waals surface area contributed by atoms with E-state index in [1.807, 2.05) is 36.4 Å². The predicted octanol–water partition coefficient (Wildman–Crippen LogP) is 2.60. The molecule has 0 aliphatic carbocycles. The van der Waals surface area contributed by atoms with Crippen molar-refractivity contribution in [2.75, 3.05) is 19.7 Å². The van der Waals surface area contributed by atoms with Crippen molar-refractivity contribution in [3.05, 3.63) is 54.5 Å². The summed E-state index contributed by atoms with van der Waals surface area (Å²) in [6.07, 6.45) is 3.54. The summed E-state index contributed by atoms with van der Waals surface area (Å²) in [5, 5.41) is 2.88. The van der Waals surface area contributed by atoms with E-state index >= 15 is 0 Å². The number of nitrogens with zero attached hydrogens (tertiary/aromatic N) is 1. The molecule has 0 bridgehead atoms.